The Hall–Kier alpha value is -1.83. The molecule has 0 amide bonds. The lowest BCUT2D eigenvalue weighted by Gasteiger charge is -2.29. The van der Waals surface area contributed by atoms with Crippen molar-refractivity contribution in [2.45, 2.75) is 6.92 Å². The summed E-state index contributed by atoms with van der Waals surface area (Å²) in [6.07, 6.45) is 1.71. The van der Waals surface area contributed by atoms with Gasteiger partial charge in [-0.25, -0.2) is 9.78 Å². The normalized spacial score (nSPS) is 15.3. The highest BCUT2D eigenvalue weighted by atomic mass is 35.5. The predicted octanol–water partition coefficient (Wildman–Crippen LogP) is 3.22. The number of esters is 1. The van der Waals surface area contributed by atoms with Crippen molar-refractivity contribution in [2.24, 2.45) is 0 Å². The van der Waals surface area contributed by atoms with Crippen LogP contribution in [0, 0.1) is 0 Å². The van der Waals surface area contributed by atoms with Crippen LogP contribution in [0.25, 0.3) is 15.2 Å². The van der Waals surface area contributed by atoms with Crippen LogP contribution in [0.15, 0.2) is 18.3 Å². The lowest BCUT2D eigenvalue weighted by atomic mass is 10.2. The van der Waals surface area contributed by atoms with Crippen molar-refractivity contribution >= 4 is 49.8 Å². The fourth-order valence-corrected chi connectivity index (χ4v) is 4.31. The first kappa shape index (κ1) is 15.7. The van der Waals surface area contributed by atoms with Crippen molar-refractivity contribution in [3.63, 3.8) is 0 Å². The Morgan fingerprint density at radius 1 is 1.42 bits per heavy atom. The number of hydrogen-bond acceptors (Lipinski definition) is 6. The molecule has 0 unspecified atom stereocenters. The summed E-state index contributed by atoms with van der Waals surface area (Å²) in [6.45, 7) is 5.20. The molecule has 1 aromatic carbocycles. The number of rotatable bonds is 3. The number of halogens is 1. The minimum Gasteiger partial charge on any atom is -0.461 e. The Morgan fingerprint density at radius 3 is 2.96 bits per heavy atom. The van der Waals surface area contributed by atoms with E-state index in [1.54, 1.807) is 13.1 Å². The van der Waals surface area contributed by atoms with Gasteiger partial charge in [-0.05, 0) is 19.1 Å². The second-order valence-corrected chi connectivity index (χ2v) is 6.80. The molecule has 0 atom stereocenters. The van der Waals surface area contributed by atoms with E-state index >= 15 is 0 Å². The molecule has 0 spiro atoms. The van der Waals surface area contributed by atoms with E-state index in [1.807, 2.05) is 16.5 Å². The Kier molecular flexibility index (Phi) is 4.07. The quantitative estimate of drug-likeness (QED) is 0.667. The Morgan fingerprint density at radius 2 is 2.21 bits per heavy atom. The second-order valence-electron chi connectivity index (χ2n) is 5.45. The van der Waals surface area contributed by atoms with Gasteiger partial charge in [-0.15, -0.1) is 0 Å². The highest BCUT2D eigenvalue weighted by Crippen LogP contribution is 2.38. The van der Waals surface area contributed by atoms with Crippen molar-refractivity contribution in [2.75, 3.05) is 37.8 Å². The van der Waals surface area contributed by atoms with E-state index in [0.717, 1.165) is 39.0 Å². The summed E-state index contributed by atoms with van der Waals surface area (Å²) < 4.78 is 13.3. The standard InChI is InChI=1S/C16H16ClN3O3S/c1-2-23-15(21)10-9-20-12-4-3-11(19-5-7-22-8-6-19)13(17)14(12)24-16(20)18-10/h3-4,9H,2,5-8H2,1H3. The van der Waals surface area contributed by atoms with Gasteiger partial charge in [-0.2, -0.15) is 0 Å². The van der Waals surface area contributed by atoms with Gasteiger partial charge in [-0.3, -0.25) is 4.40 Å². The highest BCUT2D eigenvalue weighted by molar-refractivity contribution is 7.24. The van der Waals surface area contributed by atoms with Gasteiger partial charge in [0.15, 0.2) is 10.7 Å². The molecule has 0 N–H and O–H groups in total. The summed E-state index contributed by atoms with van der Waals surface area (Å²) in [4.78, 5) is 19.2. The Labute approximate surface area is 147 Å². The number of aromatic nitrogens is 2. The van der Waals surface area contributed by atoms with Crippen molar-refractivity contribution < 1.29 is 14.3 Å². The monoisotopic (exact) mass is 365 g/mol. The predicted molar refractivity (Wildman–Crippen MR) is 94.6 cm³/mol. The molecule has 126 valence electrons. The van der Waals surface area contributed by atoms with Gasteiger partial charge in [0.25, 0.3) is 0 Å². The number of imidazole rings is 1. The molecule has 1 aliphatic rings. The maximum atomic E-state index is 11.8. The fraction of sp³-hybridized carbons (Fsp3) is 0.375. The third-order valence-electron chi connectivity index (χ3n) is 4.02. The highest BCUT2D eigenvalue weighted by Gasteiger charge is 2.20. The largest absolute Gasteiger partial charge is 0.461 e. The third-order valence-corrected chi connectivity index (χ3v) is 5.60. The number of morpholine rings is 1. The summed E-state index contributed by atoms with van der Waals surface area (Å²) in [6, 6.07) is 4.04. The fourth-order valence-electron chi connectivity index (χ4n) is 2.87. The lowest BCUT2D eigenvalue weighted by molar-refractivity contribution is 0.0520. The van der Waals surface area contributed by atoms with Gasteiger partial charge in [0.1, 0.15) is 0 Å². The number of thiazole rings is 1. The number of carbonyl (C=O) groups is 1. The van der Waals surface area contributed by atoms with Gasteiger partial charge < -0.3 is 14.4 Å². The minimum absolute atomic E-state index is 0.318. The Balaban J connectivity index is 1.77. The summed E-state index contributed by atoms with van der Waals surface area (Å²) in [5.74, 6) is -0.405. The van der Waals surface area contributed by atoms with Crippen LogP contribution in [0.3, 0.4) is 0 Å². The summed E-state index contributed by atoms with van der Waals surface area (Å²) in [5.41, 5.74) is 2.28. The maximum Gasteiger partial charge on any atom is 0.358 e. The molecule has 0 aliphatic carbocycles. The summed E-state index contributed by atoms with van der Waals surface area (Å²) >= 11 is 8.13. The molecule has 8 heteroatoms. The number of anilines is 1. The molecule has 0 radical (unpaired) electrons. The molecule has 6 nitrogen and oxygen atoms in total. The molecule has 0 saturated carbocycles. The van der Waals surface area contributed by atoms with Crippen LogP contribution in [0.5, 0.6) is 0 Å². The molecular formula is C16H16ClN3O3S. The molecule has 3 aromatic rings. The molecule has 1 fully saturated rings. The topological polar surface area (TPSA) is 56.1 Å². The van der Waals surface area contributed by atoms with E-state index in [-0.39, 0.29) is 0 Å². The first-order valence-corrected chi connectivity index (χ1v) is 8.98. The molecule has 2 aromatic heterocycles. The van der Waals surface area contributed by atoms with Crippen LogP contribution in [0.4, 0.5) is 5.69 Å². The number of fused-ring (bicyclic) bond motifs is 3. The zero-order valence-electron chi connectivity index (χ0n) is 13.1. The van der Waals surface area contributed by atoms with Gasteiger partial charge in [0.05, 0.1) is 40.7 Å². The van der Waals surface area contributed by atoms with Crippen LogP contribution in [0.2, 0.25) is 5.02 Å². The molecule has 0 bridgehead atoms. The van der Waals surface area contributed by atoms with E-state index < -0.39 is 5.97 Å². The van der Waals surface area contributed by atoms with Gasteiger partial charge in [0, 0.05) is 19.3 Å². The van der Waals surface area contributed by atoms with Crippen molar-refractivity contribution in [3.05, 3.63) is 29.0 Å². The number of carbonyl (C=O) groups excluding carboxylic acids is 1. The van der Waals surface area contributed by atoms with Gasteiger partial charge in [0.2, 0.25) is 0 Å². The lowest BCUT2D eigenvalue weighted by Crippen LogP contribution is -2.36. The number of benzene rings is 1. The molecule has 1 aliphatic heterocycles. The van der Waals surface area contributed by atoms with E-state index in [9.17, 15) is 4.79 Å². The van der Waals surface area contributed by atoms with Gasteiger partial charge >= 0.3 is 5.97 Å². The summed E-state index contributed by atoms with van der Waals surface area (Å²) in [7, 11) is 0. The SMILES string of the molecule is CCOC(=O)c1cn2c(n1)sc1c(Cl)c(N3CCOCC3)ccc12. The van der Waals surface area contributed by atoms with E-state index in [0.29, 0.717) is 25.5 Å². The molecular weight excluding hydrogens is 350 g/mol. The maximum absolute atomic E-state index is 11.8. The van der Waals surface area contributed by atoms with Crippen LogP contribution < -0.4 is 4.90 Å². The van der Waals surface area contributed by atoms with E-state index in [1.165, 1.54) is 11.3 Å². The van der Waals surface area contributed by atoms with E-state index in [4.69, 9.17) is 21.1 Å². The zero-order valence-corrected chi connectivity index (χ0v) is 14.7. The first-order valence-electron chi connectivity index (χ1n) is 7.79. The molecule has 3 heterocycles. The second kappa shape index (κ2) is 6.23. The smallest absolute Gasteiger partial charge is 0.358 e. The van der Waals surface area contributed by atoms with Crippen LogP contribution in [0.1, 0.15) is 17.4 Å². The average Bonchev–Trinajstić information content (AvgIpc) is 3.15. The summed E-state index contributed by atoms with van der Waals surface area (Å²) in [5, 5.41) is 0.725. The van der Waals surface area contributed by atoms with Crippen LogP contribution in [-0.4, -0.2) is 48.3 Å². The molecule has 24 heavy (non-hydrogen) atoms. The number of ether oxygens (including phenoxy) is 2. The van der Waals surface area contributed by atoms with Crippen LogP contribution >= 0.6 is 22.9 Å². The van der Waals surface area contributed by atoms with E-state index in [2.05, 4.69) is 9.88 Å². The molecule has 4 rings (SSSR count). The third kappa shape index (κ3) is 2.53. The van der Waals surface area contributed by atoms with Crippen molar-refractivity contribution in [3.8, 4) is 0 Å². The zero-order chi connectivity index (χ0) is 16.7. The minimum atomic E-state index is -0.405. The Bertz CT molecular complexity index is 914. The average molecular weight is 366 g/mol. The number of hydrogen-bond donors (Lipinski definition) is 0. The first-order chi connectivity index (χ1) is 11.7. The number of nitrogens with zero attached hydrogens (tertiary/aromatic N) is 3. The van der Waals surface area contributed by atoms with Crippen molar-refractivity contribution in [1.82, 2.24) is 9.38 Å². The van der Waals surface area contributed by atoms with Crippen LogP contribution in [-0.2, 0) is 9.47 Å². The molecule has 1 saturated heterocycles. The van der Waals surface area contributed by atoms with Gasteiger partial charge in [-0.1, -0.05) is 22.9 Å². The van der Waals surface area contributed by atoms with Crippen molar-refractivity contribution in [1.29, 1.82) is 0 Å².